The predicted molar refractivity (Wildman–Crippen MR) is 70.6 cm³/mol. The Labute approximate surface area is 106 Å². The van der Waals surface area contributed by atoms with Crippen molar-refractivity contribution in [1.82, 2.24) is 14.5 Å². The van der Waals surface area contributed by atoms with Crippen LogP contribution in [-0.2, 0) is 0 Å². The molecule has 0 saturated heterocycles. The molecule has 2 atom stereocenters. The highest BCUT2D eigenvalue weighted by molar-refractivity contribution is 5.44. The molecule has 1 aliphatic rings. The average Bonchev–Trinajstić information content (AvgIpc) is 3.02. The highest BCUT2D eigenvalue weighted by Crippen LogP contribution is 2.21. The van der Waals surface area contributed by atoms with Gasteiger partial charge in [0.15, 0.2) is 0 Å². The topological polar surface area (TPSA) is 68.8 Å². The lowest BCUT2D eigenvalue weighted by Crippen LogP contribution is -2.20. The molecule has 0 aromatic carbocycles. The van der Waals surface area contributed by atoms with Gasteiger partial charge in [0.2, 0.25) is 0 Å². The van der Waals surface area contributed by atoms with E-state index < -0.39 is 0 Å². The van der Waals surface area contributed by atoms with E-state index in [-0.39, 0.29) is 0 Å². The summed E-state index contributed by atoms with van der Waals surface area (Å²) in [6, 6.07) is 4.87. The number of imidazole rings is 1. The van der Waals surface area contributed by atoms with Gasteiger partial charge in [-0.05, 0) is 31.4 Å². The maximum absolute atomic E-state index is 5.90. The fourth-order valence-corrected chi connectivity index (χ4v) is 2.40. The second kappa shape index (κ2) is 4.78. The third kappa shape index (κ3) is 2.36. The van der Waals surface area contributed by atoms with Crippen LogP contribution in [0.25, 0.3) is 5.82 Å². The summed E-state index contributed by atoms with van der Waals surface area (Å²) in [5.41, 5.74) is 6.95. The van der Waals surface area contributed by atoms with Crippen molar-refractivity contribution in [2.24, 2.45) is 5.73 Å². The zero-order valence-corrected chi connectivity index (χ0v) is 10.2. The number of nitrogens with zero attached hydrogens (tertiary/aromatic N) is 3. The molecule has 18 heavy (non-hydrogen) atoms. The summed E-state index contributed by atoms with van der Waals surface area (Å²) < 4.78 is 1.88. The molecule has 5 heteroatoms. The number of rotatable bonds is 3. The van der Waals surface area contributed by atoms with Gasteiger partial charge in [-0.25, -0.2) is 9.97 Å². The molecule has 2 aromatic rings. The first-order valence-electron chi connectivity index (χ1n) is 6.28. The Kier molecular flexibility index (Phi) is 2.98. The van der Waals surface area contributed by atoms with Crippen LogP contribution in [0.1, 0.15) is 19.3 Å². The fraction of sp³-hybridized carbons (Fsp3) is 0.385. The van der Waals surface area contributed by atoms with Gasteiger partial charge in [0.25, 0.3) is 0 Å². The van der Waals surface area contributed by atoms with Gasteiger partial charge in [0.1, 0.15) is 12.1 Å². The van der Waals surface area contributed by atoms with Gasteiger partial charge in [-0.1, -0.05) is 0 Å². The van der Waals surface area contributed by atoms with Gasteiger partial charge >= 0.3 is 0 Å². The lowest BCUT2D eigenvalue weighted by Gasteiger charge is -2.13. The van der Waals surface area contributed by atoms with Crippen LogP contribution in [0.5, 0.6) is 0 Å². The van der Waals surface area contributed by atoms with Gasteiger partial charge in [0, 0.05) is 24.5 Å². The quantitative estimate of drug-likeness (QED) is 0.858. The van der Waals surface area contributed by atoms with Crippen LogP contribution >= 0.6 is 0 Å². The van der Waals surface area contributed by atoms with E-state index in [1.54, 1.807) is 12.5 Å². The van der Waals surface area contributed by atoms with Crippen molar-refractivity contribution in [3.63, 3.8) is 0 Å². The normalized spacial score (nSPS) is 23.2. The highest BCUT2D eigenvalue weighted by atomic mass is 15.1. The summed E-state index contributed by atoms with van der Waals surface area (Å²) in [5, 5.41) is 3.48. The molecule has 0 spiro atoms. The van der Waals surface area contributed by atoms with Crippen molar-refractivity contribution in [3.05, 3.63) is 37.1 Å². The molecular weight excluding hydrogens is 226 g/mol. The minimum atomic E-state index is 0.348. The fourth-order valence-electron chi connectivity index (χ4n) is 2.40. The Morgan fingerprint density at radius 3 is 2.89 bits per heavy atom. The van der Waals surface area contributed by atoms with Crippen molar-refractivity contribution in [1.29, 1.82) is 0 Å². The van der Waals surface area contributed by atoms with E-state index in [9.17, 15) is 0 Å². The molecule has 3 rings (SSSR count). The molecule has 0 aliphatic heterocycles. The second-order valence-electron chi connectivity index (χ2n) is 4.79. The Morgan fingerprint density at radius 1 is 1.33 bits per heavy atom. The van der Waals surface area contributed by atoms with E-state index in [2.05, 4.69) is 15.3 Å². The standard InChI is InChI=1S/C13H17N5/c14-10-1-2-11(7-10)17-12-3-4-13(16-8-12)18-6-5-15-9-18/h3-6,8-11,17H,1-2,7,14H2. The van der Waals surface area contributed by atoms with Crippen molar-refractivity contribution < 1.29 is 0 Å². The molecule has 1 aliphatic carbocycles. The Hall–Kier alpha value is -1.88. The maximum Gasteiger partial charge on any atom is 0.137 e. The Balaban J connectivity index is 1.68. The number of nitrogens with two attached hydrogens (primary N) is 1. The number of nitrogens with one attached hydrogen (secondary N) is 1. The van der Waals surface area contributed by atoms with E-state index in [1.165, 1.54) is 0 Å². The molecule has 0 bridgehead atoms. The van der Waals surface area contributed by atoms with Gasteiger partial charge in [-0.3, -0.25) is 4.57 Å². The zero-order valence-electron chi connectivity index (χ0n) is 10.2. The number of hydrogen-bond acceptors (Lipinski definition) is 4. The van der Waals surface area contributed by atoms with Crippen LogP contribution in [0, 0.1) is 0 Å². The lowest BCUT2D eigenvalue weighted by molar-refractivity contribution is 0.687. The van der Waals surface area contributed by atoms with Gasteiger partial charge in [-0.15, -0.1) is 0 Å². The third-order valence-electron chi connectivity index (χ3n) is 3.36. The van der Waals surface area contributed by atoms with Crippen molar-refractivity contribution in [3.8, 4) is 5.82 Å². The van der Waals surface area contributed by atoms with Crippen LogP contribution < -0.4 is 11.1 Å². The minimum Gasteiger partial charge on any atom is -0.381 e. The summed E-state index contributed by atoms with van der Waals surface area (Å²) >= 11 is 0. The van der Waals surface area contributed by atoms with E-state index in [1.807, 2.05) is 29.1 Å². The first-order chi connectivity index (χ1) is 8.81. The molecule has 2 heterocycles. The Morgan fingerprint density at radius 2 is 2.28 bits per heavy atom. The van der Waals surface area contributed by atoms with Crippen LogP contribution in [0.2, 0.25) is 0 Å². The number of anilines is 1. The molecule has 0 amide bonds. The van der Waals surface area contributed by atoms with E-state index in [0.717, 1.165) is 30.8 Å². The van der Waals surface area contributed by atoms with Gasteiger partial charge < -0.3 is 11.1 Å². The summed E-state index contributed by atoms with van der Waals surface area (Å²) in [6.07, 6.45) is 10.5. The SMILES string of the molecule is NC1CCC(Nc2ccc(-n3ccnc3)nc2)C1. The van der Waals surface area contributed by atoms with Gasteiger partial charge in [-0.2, -0.15) is 0 Å². The zero-order chi connectivity index (χ0) is 12.4. The van der Waals surface area contributed by atoms with E-state index in [4.69, 9.17) is 5.73 Å². The molecule has 5 nitrogen and oxygen atoms in total. The first-order valence-corrected chi connectivity index (χ1v) is 6.28. The van der Waals surface area contributed by atoms with Crippen LogP contribution in [-0.4, -0.2) is 26.6 Å². The molecule has 0 radical (unpaired) electrons. The summed E-state index contributed by atoms with van der Waals surface area (Å²) in [4.78, 5) is 8.42. The molecule has 2 aromatic heterocycles. The third-order valence-corrected chi connectivity index (χ3v) is 3.36. The second-order valence-corrected chi connectivity index (χ2v) is 4.79. The Bertz CT molecular complexity index is 491. The highest BCUT2D eigenvalue weighted by Gasteiger charge is 2.21. The number of hydrogen-bond donors (Lipinski definition) is 2. The first kappa shape index (κ1) is 11.2. The largest absolute Gasteiger partial charge is 0.381 e. The molecule has 94 valence electrons. The molecule has 1 saturated carbocycles. The molecule has 3 N–H and O–H groups in total. The number of pyridine rings is 1. The summed E-state index contributed by atoms with van der Waals surface area (Å²) in [5.74, 6) is 0.876. The van der Waals surface area contributed by atoms with Gasteiger partial charge in [0.05, 0.1) is 11.9 Å². The van der Waals surface area contributed by atoms with Crippen LogP contribution in [0.4, 0.5) is 5.69 Å². The van der Waals surface area contributed by atoms with Crippen LogP contribution in [0.3, 0.4) is 0 Å². The average molecular weight is 243 g/mol. The lowest BCUT2D eigenvalue weighted by atomic mass is 10.2. The molecular formula is C13H17N5. The molecule has 1 fully saturated rings. The molecule has 2 unspecified atom stereocenters. The van der Waals surface area contributed by atoms with Crippen molar-refractivity contribution in [2.75, 3.05) is 5.32 Å². The van der Waals surface area contributed by atoms with Crippen molar-refractivity contribution in [2.45, 2.75) is 31.3 Å². The van der Waals surface area contributed by atoms with E-state index >= 15 is 0 Å². The van der Waals surface area contributed by atoms with Crippen molar-refractivity contribution >= 4 is 5.69 Å². The van der Waals surface area contributed by atoms with E-state index in [0.29, 0.717) is 12.1 Å². The predicted octanol–water partition coefficient (Wildman–Crippen LogP) is 1.56. The smallest absolute Gasteiger partial charge is 0.137 e. The maximum atomic E-state index is 5.90. The minimum absolute atomic E-state index is 0.348. The monoisotopic (exact) mass is 243 g/mol. The number of aromatic nitrogens is 3. The summed E-state index contributed by atoms with van der Waals surface area (Å²) in [7, 11) is 0. The summed E-state index contributed by atoms with van der Waals surface area (Å²) in [6.45, 7) is 0. The van der Waals surface area contributed by atoms with Crippen LogP contribution in [0.15, 0.2) is 37.1 Å².